The number of pyridine rings is 2. The Morgan fingerprint density at radius 2 is 1.82 bits per heavy atom. The van der Waals surface area contributed by atoms with Gasteiger partial charge < -0.3 is 9.88 Å². The zero-order chi connectivity index (χ0) is 20.0. The number of thiophene rings is 1. The quantitative estimate of drug-likeness (QED) is 0.527. The summed E-state index contributed by atoms with van der Waals surface area (Å²) >= 11 is 1.49. The van der Waals surface area contributed by atoms with E-state index in [-0.39, 0.29) is 5.56 Å². The summed E-state index contributed by atoms with van der Waals surface area (Å²) < 4.78 is 0.773. The van der Waals surface area contributed by atoms with Crippen LogP contribution in [0.5, 0.6) is 0 Å². The predicted molar refractivity (Wildman–Crippen MR) is 120 cm³/mol. The van der Waals surface area contributed by atoms with E-state index in [2.05, 4.69) is 55.2 Å². The average molecular weight is 392 g/mol. The Labute approximate surface area is 168 Å². The van der Waals surface area contributed by atoms with Crippen LogP contribution in [0.1, 0.15) is 29.8 Å². The molecule has 0 aliphatic carbocycles. The van der Waals surface area contributed by atoms with Crippen molar-refractivity contribution < 1.29 is 0 Å². The smallest absolute Gasteiger partial charge is 0.266 e. The lowest BCUT2D eigenvalue weighted by Gasteiger charge is -2.18. The Morgan fingerprint density at radius 1 is 1.11 bits per heavy atom. The van der Waals surface area contributed by atoms with Crippen LogP contribution in [0.3, 0.4) is 0 Å². The molecule has 0 spiro atoms. The summed E-state index contributed by atoms with van der Waals surface area (Å²) in [5.74, 6) is 0.470. The van der Waals surface area contributed by atoms with Crippen LogP contribution in [0, 0.1) is 13.8 Å². The molecule has 0 fully saturated rings. The second-order valence-corrected chi connectivity index (χ2v) is 8.73. The number of rotatable bonds is 4. The van der Waals surface area contributed by atoms with Gasteiger partial charge in [0.05, 0.1) is 11.2 Å². The number of nitrogens with one attached hydrogen (secondary N) is 1. The maximum absolute atomic E-state index is 12.5. The molecule has 0 aliphatic rings. The third-order valence-corrected chi connectivity index (χ3v) is 6.26. The molecule has 0 aliphatic heterocycles. The zero-order valence-corrected chi connectivity index (χ0v) is 17.8. The maximum Gasteiger partial charge on any atom is 0.266 e. The highest BCUT2D eigenvalue weighted by Crippen LogP contribution is 2.37. The van der Waals surface area contributed by atoms with Crippen LogP contribution in [0.25, 0.3) is 32.1 Å². The normalized spacial score (nSPS) is 12.9. The first-order valence-electron chi connectivity index (χ1n) is 9.52. The highest BCUT2D eigenvalue weighted by atomic mass is 32.1. The molecule has 3 aromatic heterocycles. The molecule has 4 nitrogen and oxygen atoms in total. The summed E-state index contributed by atoms with van der Waals surface area (Å²) in [4.78, 5) is 22.5. The molecule has 144 valence electrons. The SMILES string of the molecule is Cc1nc(C)c2[nH]c(=O)c3sccc3c2c1-c1ccc(C(C)CN(C)C)cc1. The molecular weight excluding hydrogens is 366 g/mol. The third-order valence-electron chi connectivity index (χ3n) is 5.35. The van der Waals surface area contributed by atoms with Crippen molar-refractivity contribution >= 4 is 32.3 Å². The Kier molecular flexibility index (Phi) is 4.81. The number of aryl methyl sites for hydroxylation is 2. The summed E-state index contributed by atoms with van der Waals surface area (Å²) in [5.41, 5.74) is 6.21. The van der Waals surface area contributed by atoms with Gasteiger partial charge in [-0.1, -0.05) is 31.2 Å². The summed E-state index contributed by atoms with van der Waals surface area (Å²) in [6.07, 6.45) is 0. The summed E-state index contributed by atoms with van der Waals surface area (Å²) in [6.45, 7) is 7.28. The highest BCUT2D eigenvalue weighted by molar-refractivity contribution is 7.17. The van der Waals surface area contributed by atoms with Gasteiger partial charge in [-0.05, 0) is 56.4 Å². The number of hydrogen-bond acceptors (Lipinski definition) is 4. The molecule has 3 heterocycles. The van der Waals surface area contributed by atoms with E-state index in [1.54, 1.807) is 0 Å². The largest absolute Gasteiger partial charge is 0.319 e. The molecule has 0 radical (unpaired) electrons. The molecule has 28 heavy (non-hydrogen) atoms. The Balaban J connectivity index is 1.94. The molecule has 4 rings (SSSR count). The van der Waals surface area contributed by atoms with E-state index >= 15 is 0 Å². The van der Waals surface area contributed by atoms with Crippen molar-refractivity contribution in [2.45, 2.75) is 26.7 Å². The predicted octanol–water partition coefficient (Wildman–Crippen LogP) is 5.09. The number of hydrogen-bond donors (Lipinski definition) is 1. The zero-order valence-electron chi connectivity index (χ0n) is 17.0. The fraction of sp³-hybridized carbons (Fsp3) is 0.304. The Morgan fingerprint density at radius 3 is 2.50 bits per heavy atom. The standard InChI is InChI=1S/C23H25N3OS/c1-13(12-26(4)5)16-6-8-17(9-7-16)19-14(2)24-15(3)21-20(19)18-10-11-28-22(18)23(27)25-21/h6-11,13H,12H2,1-5H3,(H,25,27). The van der Waals surface area contributed by atoms with Gasteiger partial charge in [-0.3, -0.25) is 9.78 Å². The lowest BCUT2D eigenvalue weighted by Crippen LogP contribution is -2.18. The van der Waals surface area contributed by atoms with Crippen molar-refractivity contribution in [1.82, 2.24) is 14.9 Å². The first kappa shape index (κ1) is 18.8. The maximum atomic E-state index is 12.5. The van der Waals surface area contributed by atoms with Gasteiger partial charge in [0.25, 0.3) is 5.56 Å². The monoisotopic (exact) mass is 391 g/mol. The van der Waals surface area contributed by atoms with E-state index in [4.69, 9.17) is 4.98 Å². The van der Waals surface area contributed by atoms with Crippen molar-refractivity contribution in [3.63, 3.8) is 0 Å². The van der Waals surface area contributed by atoms with Gasteiger partial charge in [0.15, 0.2) is 0 Å². The highest BCUT2D eigenvalue weighted by Gasteiger charge is 2.17. The number of likely N-dealkylation sites (N-methyl/N-ethyl adjacent to an activating group) is 1. The Bertz CT molecular complexity index is 1220. The van der Waals surface area contributed by atoms with Gasteiger partial charge in [0.1, 0.15) is 4.70 Å². The van der Waals surface area contributed by atoms with Crippen molar-refractivity contribution in [3.05, 3.63) is 63.0 Å². The number of fused-ring (bicyclic) bond motifs is 3. The van der Waals surface area contributed by atoms with Gasteiger partial charge in [-0.15, -0.1) is 11.3 Å². The van der Waals surface area contributed by atoms with Crippen molar-refractivity contribution in [1.29, 1.82) is 0 Å². The van der Waals surface area contributed by atoms with Crippen LogP contribution in [0.15, 0.2) is 40.5 Å². The number of nitrogens with zero attached hydrogens (tertiary/aromatic N) is 2. The Hall–Kier alpha value is -2.50. The third kappa shape index (κ3) is 3.15. The minimum atomic E-state index is -0.0370. The second kappa shape index (κ2) is 7.15. The van der Waals surface area contributed by atoms with Crippen LogP contribution in [0.2, 0.25) is 0 Å². The van der Waals surface area contributed by atoms with Gasteiger partial charge in [0.2, 0.25) is 0 Å². The minimum absolute atomic E-state index is 0.0370. The summed E-state index contributed by atoms with van der Waals surface area (Å²) in [5, 5.41) is 4.09. The van der Waals surface area contributed by atoms with Crippen LogP contribution in [0.4, 0.5) is 0 Å². The first-order valence-corrected chi connectivity index (χ1v) is 10.4. The molecular formula is C23H25N3OS. The topological polar surface area (TPSA) is 49.0 Å². The number of H-pyrrole nitrogens is 1. The molecule has 0 amide bonds. The average Bonchev–Trinajstić information content (AvgIpc) is 3.13. The van der Waals surface area contributed by atoms with Crippen molar-refractivity contribution in [2.75, 3.05) is 20.6 Å². The summed E-state index contributed by atoms with van der Waals surface area (Å²) in [6, 6.07) is 10.8. The van der Waals surface area contributed by atoms with E-state index in [9.17, 15) is 4.79 Å². The van der Waals surface area contributed by atoms with E-state index in [1.165, 1.54) is 16.9 Å². The lowest BCUT2D eigenvalue weighted by atomic mass is 9.93. The second-order valence-electron chi connectivity index (χ2n) is 7.81. The van der Waals surface area contributed by atoms with E-state index < -0.39 is 0 Å². The number of benzene rings is 1. The number of aromatic amines is 1. The molecule has 1 unspecified atom stereocenters. The molecule has 1 aromatic carbocycles. The molecule has 5 heteroatoms. The molecule has 0 saturated heterocycles. The van der Waals surface area contributed by atoms with E-state index in [0.717, 1.165) is 50.0 Å². The van der Waals surface area contributed by atoms with Gasteiger partial charge in [-0.2, -0.15) is 0 Å². The van der Waals surface area contributed by atoms with E-state index in [0.29, 0.717) is 5.92 Å². The summed E-state index contributed by atoms with van der Waals surface area (Å²) in [7, 11) is 4.20. The van der Waals surface area contributed by atoms with Gasteiger partial charge >= 0.3 is 0 Å². The first-order chi connectivity index (χ1) is 13.4. The molecule has 0 saturated carbocycles. The van der Waals surface area contributed by atoms with Crippen molar-refractivity contribution in [3.8, 4) is 11.1 Å². The van der Waals surface area contributed by atoms with Crippen LogP contribution in [-0.2, 0) is 0 Å². The lowest BCUT2D eigenvalue weighted by molar-refractivity contribution is 0.383. The van der Waals surface area contributed by atoms with Gasteiger partial charge in [0, 0.05) is 28.6 Å². The molecule has 1 N–H and O–H groups in total. The molecule has 1 atom stereocenters. The van der Waals surface area contributed by atoms with Gasteiger partial charge in [-0.25, -0.2) is 0 Å². The molecule has 0 bridgehead atoms. The molecule has 4 aromatic rings. The number of aromatic nitrogens is 2. The van der Waals surface area contributed by atoms with Crippen LogP contribution < -0.4 is 5.56 Å². The fourth-order valence-corrected chi connectivity index (χ4v) is 4.90. The minimum Gasteiger partial charge on any atom is -0.319 e. The fourth-order valence-electron chi connectivity index (χ4n) is 4.11. The van der Waals surface area contributed by atoms with Crippen LogP contribution >= 0.6 is 11.3 Å². The van der Waals surface area contributed by atoms with E-state index in [1.807, 2.05) is 25.3 Å². The van der Waals surface area contributed by atoms with Crippen LogP contribution in [-0.4, -0.2) is 35.5 Å². The van der Waals surface area contributed by atoms with Crippen molar-refractivity contribution in [2.24, 2.45) is 0 Å².